The van der Waals surface area contributed by atoms with E-state index < -0.39 is 29.0 Å². The van der Waals surface area contributed by atoms with Crippen LogP contribution in [0.1, 0.15) is 41.6 Å². The molecule has 1 spiro atoms. The lowest BCUT2D eigenvalue weighted by molar-refractivity contribution is -0.131. The Hall–Kier alpha value is -2.84. The van der Waals surface area contributed by atoms with Crippen molar-refractivity contribution in [2.45, 2.75) is 31.3 Å². The van der Waals surface area contributed by atoms with Crippen LogP contribution in [0.2, 0.25) is 5.02 Å². The first-order valence-corrected chi connectivity index (χ1v) is 11.4. The molecule has 1 amide bonds. The number of thiophene rings is 1. The molecule has 2 aliphatic heterocycles. The number of halogens is 1. The number of ether oxygens (including phenoxy) is 3. The number of hydrogen-bond donors (Lipinski definition) is 1. The van der Waals surface area contributed by atoms with Crippen molar-refractivity contribution in [3.8, 4) is 17.2 Å². The Morgan fingerprint density at radius 1 is 1.16 bits per heavy atom. The first kappa shape index (κ1) is 21.0. The van der Waals surface area contributed by atoms with E-state index in [0.717, 1.165) is 5.56 Å². The molecule has 9 heteroatoms. The van der Waals surface area contributed by atoms with E-state index >= 15 is 0 Å². The van der Waals surface area contributed by atoms with Gasteiger partial charge in [-0.2, -0.15) is 11.3 Å². The van der Waals surface area contributed by atoms with E-state index in [-0.39, 0.29) is 40.2 Å². The highest BCUT2D eigenvalue weighted by Gasteiger charge is 2.63. The zero-order valence-electron chi connectivity index (χ0n) is 17.6. The second kappa shape index (κ2) is 7.35. The Labute approximate surface area is 193 Å². The summed E-state index contributed by atoms with van der Waals surface area (Å²) in [5, 5.41) is 6.78. The van der Waals surface area contributed by atoms with Crippen LogP contribution < -0.4 is 19.5 Å². The first-order valence-electron chi connectivity index (χ1n) is 10.1. The van der Waals surface area contributed by atoms with Crippen LogP contribution in [-0.2, 0) is 9.59 Å². The van der Waals surface area contributed by atoms with E-state index in [1.807, 2.05) is 16.8 Å². The summed E-state index contributed by atoms with van der Waals surface area (Å²) >= 11 is 7.97. The molecule has 0 saturated carbocycles. The smallest absolute Gasteiger partial charge is 0.236 e. The van der Waals surface area contributed by atoms with Gasteiger partial charge in [-0.15, -0.1) is 0 Å². The van der Waals surface area contributed by atoms with Crippen LogP contribution in [0.3, 0.4) is 0 Å². The van der Waals surface area contributed by atoms with E-state index in [2.05, 4.69) is 5.32 Å². The minimum Gasteiger partial charge on any atom is -0.496 e. The summed E-state index contributed by atoms with van der Waals surface area (Å²) in [6.07, 6.45) is 0.440. The van der Waals surface area contributed by atoms with Crippen molar-refractivity contribution in [1.82, 2.24) is 5.32 Å². The number of allylic oxidation sites excluding steroid dienone is 1. The van der Waals surface area contributed by atoms with Gasteiger partial charge in [-0.1, -0.05) is 18.5 Å². The summed E-state index contributed by atoms with van der Waals surface area (Å²) in [6.45, 7) is 1.77. The van der Waals surface area contributed by atoms with Gasteiger partial charge in [0.1, 0.15) is 22.1 Å². The van der Waals surface area contributed by atoms with E-state index in [0.29, 0.717) is 17.7 Å². The molecule has 3 heterocycles. The van der Waals surface area contributed by atoms with Crippen LogP contribution >= 0.6 is 22.9 Å². The molecule has 0 radical (unpaired) electrons. The van der Waals surface area contributed by atoms with Crippen molar-refractivity contribution >= 4 is 40.4 Å². The third-order valence-electron chi connectivity index (χ3n) is 6.50. The van der Waals surface area contributed by atoms with Crippen molar-refractivity contribution in [1.29, 1.82) is 0 Å². The summed E-state index contributed by atoms with van der Waals surface area (Å²) in [5.41, 5.74) is 0.207. The summed E-state index contributed by atoms with van der Waals surface area (Å²) in [5.74, 6) is -1.45. The molecule has 32 heavy (non-hydrogen) atoms. The Morgan fingerprint density at radius 2 is 1.91 bits per heavy atom. The number of carbonyl (C=O) groups excluding carboxylic acids is 3. The van der Waals surface area contributed by atoms with Gasteiger partial charge in [0.25, 0.3) is 0 Å². The van der Waals surface area contributed by atoms with Crippen LogP contribution in [0.4, 0.5) is 0 Å². The van der Waals surface area contributed by atoms with Gasteiger partial charge >= 0.3 is 0 Å². The molecule has 3 atom stereocenters. The normalized spacial score (nSPS) is 26.6. The molecule has 1 aromatic heterocycles. The Bertz CT molecular complexity index is 1200. The third kappa shape index (κ3) is 2.69. The number of hydrogen-bond acceptors (Lipinski definition) is 7. The lowest BCUT2D eigenvalue weighted by atomic mass is 9.66. The average molecular weight is 474 g/mol. The predicted molar refractivity (Wildman–Crippen MR) is 118 cm³/mol. The van der Waals surface area contributed by atoms with Crippen LogP contribution in [-0.4, -0.2) is 37.3 Å². The number of carbonyl (C=O) groups is 3. The molecule has 1 aromatic carbocycles. The second-order valence-corrected chi connectivity index (χ2v) is 9.31. The maximum Gasteiger partial charge on any atom is 0.236 e. The number of fused-ring (bicyclic) bond motifs is 1. The van der Waals surface area contributed by atoms with Gasteiger partial charge in [0, 0.05) is 35.6 Å². The average Bonchev–Trinajstić information content (AvgIpc) is 3.40. The molecule has 3 aliphatic rings. The number of Topliss-reactive ketones (excluding diaryl/α,β-unsaturated/α-hetero) is 2. The number of nitrogens with one attached hydrogen (secondary N) is 1. The van der Waals surface area contributed by atoms with Crippen LogP contribution in [0, 0.1) is 5.92 Å². The molecule has 5 rings (SSSR count). The molecular weight excluding hydrogens is 454 g/mol. The standard InChI is InChI=1S/C23H20ClNO6S/c1-10-6-13-17(12(7-16(26)25-13)11-4-5-32-9-11)21(27)23(10)22(28)18-14(29-2)8-15(30-3)19(24)20(18)31-23/h4-5,8-10,12H,6-7H2,1-3H3,(H,25,26)/t10-,12-,23+/m1/s1. The van der Waals surface area contributed by atoms with Gasteiger partial charge in [0.05, 0.1) is 14.2 Å². The van der Waals surface area contributed by atoms with E-state index in [9.17, 15) is 14.4 Å². The molecule has 0 saturated heterocycles. The maximum absolute atomic E-state index is 14.1. The van der Waals surface area contributed by atoms with Crippen molar-refractivity contribution in [2.24, 2.45) is 5.92 Å². The number of amides is 1. The van der Waals surface area contributed by atoms with Crippen LogP contribution in [0.25, 0.3) is 0 Å². The second-order valence-electron chi connectivity index (χ2n) is 8.15. The molecular formula is C23H20ClNO6S. The minimum absolute atomic E-state index is 0.0871. The number of rotatable bonds is 3. The topological polar surface area (TPSA) is 90.9 Å². The third-order valence-corrected chi connectivity index (χ3v) is 7.56. The lowest BCUT2D eigenvalue weighted by Crippen LogP contribution is -2.59. The predicted octanol–water partition coefficient (Wildman–Crippen LogP) is 3.90. The minimum atomic E-state index is -1.78. The number of ketones is 2. The van der Waals surface area contributed by atoms with Gasteiger partial charge < -0.3 is 19.5 Å². The molecule has 7 nitrogen and oxygen atoms in total. The fourth-order valence-electron chi connectivity index (χ4n) is 4.95. The highest BCUT2D eigenvalue weighted by molar-refractivity contribution is 7.08. The number of benzene rings is 1. The lowest BCUT2D eigenvalue weighted by Gasteiger charge is -2.41. The van der Waals surface area contributed by atoms with E-state index in [4.69, 9.17) is 25.8 Å². The van der Waals surface area contributed by atoms with Crippen molar-refractivity contribution in [3.05, 3.63) is 50.3 Å². The van der Waals surface area contributed by atoms with Crippen molar-refractivity contribution in [3.63, 3.8) is 0 Å². The summed E-state index contributed by atoms with van der Waals surface area (Å²) in [6, 6.07) is 3.41. The zero-order chi connectivity index (χ0) is 22.8. The summed E-state index contributed by atoms with van der Waals surface area (Å²) < 4.78 is 16.9. The van der Waals surface area contributed by atoms with Gasteiger partial charge in [-0.05, 0) is 28.8 Å². The quantitative estimate of drug-likeness (QED) is 0.680. The molecule has 1 N–H and O–H groups in total. The van der Waals surface area contributed by atoms with E-state index in [1.165, 1.54) is 31.6 Å². The fourth-order valence-corrected chi connectivity index (χ4v) is 5.93. The van der Waals surface area contributed by atoms with Crippen molar-refractivity contribution < 1.29 is 28.6 Å². The Kier molecular flexibility index (Phi) is 4.83. The molecule has 2 aromatic rings. The molecule has 0 unspecified atom stereocenters. The largest absolute Gasteiger partial charge is 0.496 e. The highest BCUT2D eigenvalue weighted by Crippen LogP contribution is 2.55. The molecule has 166 valence electrons. The molecule has 0 bridgehead atoms. The zero-order valence-corrected chi connectivity index (χ0v) is 19.2. The molecule has 1 aliphatic carbocycles. The first-order chi connectivity index (χ1) is 15.3. The fraction of sp³-hybridized carbons (Fsp3) is 0.348. The maximum atomic E-state index is 14.1. The van der Waals surface area contributed by atoms with E-state index in [1.54, 1.807) is 6.92 Å². The monoisotopic (exact) mass is 473 g/mol. The van der Waals surface area contributed by atoms with Crippen LogP contribution in [0.5, 0.6) is 17.2 Å². The van der Waals surface area contributed by atoms with Gasteiger partial charge in [-0.25, -0.2) is 0 Å². The summed E-state index contributed by atoms with van der Waals surface area (Å²) in [4.78, 5) is 40.3. The highest BCUT2D eigenvalue weighted by atomic mass is 35.5. The Balaban J connectivity index is 1.68. The van der Waals surface area contributed by atoms with Gasteiger partial charge in [0.2, 0.25) is 23.1 Å². The van der Waals surface area contributed by atoms with Gasteiger partial charge in [0.15, 0.2) is 5.75 Å². The van der Waals surface area contributed by atoms with Gasteiger partial charge in [-0.3, -0.25) is 14.4 Å². The van der Waals surface area contributed by atoms with Crippen LogP contribution in [0.15, 0.2) is 34.2 Å². The van der Waals surface area contributed by atoms with Crippen molar-refractivity contribution in [2.75, 3.05) is 14.2 Å². The number of methoxy groups -OCH3 is 2. The SMILES string of the molecule is COc1cc(OC)c2c(c1Cl)O[C@@]1(C(=O)C3=C(C[C@H]1C)NC(=O)C[C@@H]3c1ccsc1)C2=O. The Morgan fingerprint density at radius 3 is 2.56 bits per heavy atom. The summed E-state index contributed by atoms with van der Waals surface area (Å²) in [7, 11) is 2.87. The molecule has 0 fully saturated rings.